The molecule has 0 aliphatic heterocycles. The van der Waals surface area contributed by atoms with Crippen LogP contribution in [0.3, 0.4) is 0 Å². The summed E-state index contributed by atoms with van der Waals surface area (Å²) in [5.74, 6) is -0.239. The van der Waals surface area contributed by atoms with Gasteiger partial charge in [-0.3, -0.25) is 0 Å². The minimum Gasteiger partial charge on any atom is -0.310 e. The van der Waals surface area contributed by atoms with Crippen molar-refractivity contribution < 1.29 is 4.39 Å². The SMILES string of the molecule is CCNC(Cc1cc(F)ccc1Cl)c1cscc1C. The summed E-state index contributed by atoms with van der Waals surface area (Å²) in [6, 6.07) is 4.71. The van der Waals surface area contributed by atoms with E-state index < -0.39 is 0 Å². The quantitative estimate of drug-likeness (QED) is 0.840. The average Bonchev–Trinajstić information content (AvgIpc) is 2.79. The molecule has 4 heteroatoms. The highest BCUT2D eigenvalue weighted by molar-refractivity contribution is 7.08. The number of benzene rings is 1. The molecule has 102 valence electrons. The van der Waals surface area contributed by atoms with Crippen molar-refractivity contribution in [3.8, 4) is 0 Å². The lowest BCUT2D eigenvalue weighted by Crippen LogP contribution is -2.23. The topological polar surface area (TPSA) is 12.0 Å². The van der Waals surface area contributed by atoms with Gasteiger partial charge in [0.2, 0.25) is 0 Å². The lowest BCUT2D eigenvalue weighted by molar-refractivity contribution is 0.546. The first kappa shape index (κ1) is 14.5. The van der Waals surface area contributed by atoms with E-state index in [0.29, 0.717) is 11.4 Å². The van der Waals surface area contributed by atoms with Crippen LogP contribution in [0, 0.1) is 12.7 Å². The average molecular weight is 298 g/mol. The van der Waals surface area contributed by atoms with Crippen molar-refractivity contribution in [3.63, 3.8) is 0 Å². The third-order valence-corrected chi connectivity index (χ3v) is 4.40. The van der Waals surface area contributed by atoms with E-state index in [-0.39, 0.29) is 11.9 Å². The Morgan fingerprint density at radius 2 is 2.16 bits per heavy atom. The molecule has 1 N–H and O–H groups in total. The van der Waals surface area contributed by atoms with Crippen LogP contribution < -0.4 is 5.32 Å². The zero-order valence-corrected chi connectivity index (χ0v) is 12.6. The number of hydrogen-bond donors (Lipinski definition) is 1. The summed E-state index contributed by atoms with van der Waals surface area (Å²) < 4.78 is 13.3. The second-order valence-corrected chi connectivity index (χ2v) is 5.71. The Kier molecular flexibility index (Phi) is 4.97. The second kappa shape index (κ2) is 6.51. The molecule has 1 atom stereocenters. The molecular formula is C15H17ClFNS. The van der Waals surface area contributed by atoms with Gasteiger partial charge in [-0.2, -0.15) is 11.3 Å². The highest BCUT2D eigenvalue weighted by atomic mass is 35.5. The van der Waals surface area contributed by atoms with Gasteiger partial charge in [-0.1, -0.05) is 18.5 Å². The number of nitrogens with one attached hydrogen (secondary N) is 1. The van der Waals surface area contributed by atoms with Gasteiger partial charge in [0.15, 0.2) is 0 Å². The first-order chi connectivity index (χ1) is 9.11. The van der Waals surface area contributed by atoms with E-state index in [1.165, 1.54) is 23.3 Å². The van der Waals surface area contributed by atoms with Crippen molar-refractivity contribution in [2.45, 2.75) is 26.3 Å². The molecule has 1 heterocycles. The predicted molar refractivity (Wildman–Crippen MR) is 80.6 cm³/mol. The molecule has 0 radical (unpaired) electrons. The molecule has 1 unspecified atom stereocenters. The molecule has 0 saturated heterocycles. The van der Waals surface area contributed by atoms with Crippen LogP contribution in [0.1, 0.15) is 29.7 Å². The monoisotopic (exact) mass is 297 g/mol. The van der Waals surface area contributed by atoms with E-state index in [4.69, 9.17) is 11.6 Å². The van der Waals surface area contributed by atoms with Crippen molar-refractivity contribution in [3.05, 3.63) is 56.5 Å². The van der Waals surface area contributed by atoms with Gasteiger partial charge in [-0.15, -0.1) is 0 Å². The van der Waals surface area contributed by atoms with Crippen LogP contribution in [0.25, 0.3) is 0 Å². The Hall–Kier alpha value is -0.900. The molecule has 0 saturated carbocycles. The summed E-state index contributed by atoms with van der Waals surface area (Å²) >= 11 is 7.84. The molecule has 0 aliphatic rings. The molecule has 0 aliphatic carbocycles. The largest absolute Gasteiger partial charge is 0.310 e. The first-order valence-electron chi connectivity index (χ1n) is 6.31. The van der Waals surface area contributed by atoms with Gasteiger partial charge in [-0.25, -0.2) is 4.39 Å². The van der Waals surface area contributed by atoms with Gasteiger partial charge in [0, 0.05) is 11.1 Å². The number of aryl methyl sites for hydroxylation is 1. The molecule has 19 heavy (non-hydrogen) atoms. The Balaban J connectivity index is 2.26. The van der Waals surface area contributed by atoms with Crippen LogP contribution in [-0.4, -0.2) is 6.54 Å². The van der Waals surface area contributed by atoms with E-state index in [1.54, 1.807) is 17.4 Å². The van der Waals surface area contributed by atoms with Crippen molar-refractivity contribution in [2.24, 2.45) is 0 Å². The zero-order chi connectivity index (χ0) is 13.8. The summed E-state index contributed by atoms with van der Waals surface area (Å²) in [4.78, 5) is 0. The zero-order valence-electron chi connectivity index (χ0n) is 11.0. The molecule has 1 nitrogen and oxygen atoms in total. The van der Waals surface area contributed by atoms with E-state index in [9.17, 15) is 4.39 Å². The van der Waals surface area contributed by atoms with Crippen LogP contribution in [0.4, 0.5) is 4.39 Å². The molecular weight excluding hydrogens is 281 g/mol. The molecule has 0 spiro atoms. The van der Waals surface area contributed by atoms with Gasteiger partial charge in [0.25, 0.3) is 0 Å². The van der Waals surface area contributed by atoms with Crippen LogP contribution in [-0.2, 0) is 6.42 Å². The summed E-state index contributed by atoms with van der Waals surface area (Å²) in [7, 11) is 0. The Morgan fingerprint density at radius 3 is 2.79 bits per heavy atom. The third kappa shape index (κ3) is 3.56. The van der Waals surface area contributed by atoms with Gasteiger partial charge in [0.1, 0.15) is 5.82 Å². The highest BCUT2D eigenvalue weighted by Crippen LogP contribution is 2.28. The molecule has 1 aromatic carbocycles. The Bertz CT molecular complexity index is 553. The van der Waals surface area contributed by atoms with Crippen molar-refractivity contribution in [1.82, 2.24) is 5.32 Å². The number of halogens is 2. The molecule has 0 fully saturated rings. The van der Waals surface area contributed by atoms with Crippen LogP contribution in [0.5, 0.6) is 0 Å². The molecule has 2 aromatic rings. The normalized spacial score (nSPS) is 12.6. The lowest BCUT2D eigenvalue weighted by atomic mass is 9.98. The minimum atomic E-state index is -0.239. The predicted octanol–water partition coefficient (Wildman–Crippen LogP) is 4.74. The number of thiophene rings is 1. The lowest BCUT2D eigenvalue weighted by Gasteiger charge is -2.19. The molecule has 0 amide bonds. The fourth-order valence-corrected chi connectivity index (χ4v) is 3.29. The van der Waals surface area contributed by atoms with Gasteiger partial charge in [-0.05, 0) is 65.5 Å². The fraction of sp³-hybridized carbons (Fsp3) is 0.333. The van der Waals surface area contributed by atoms with Crippen molar-refractivity contribution in [1.29, 1.82) is 0 Å². The highest BCUT2D eigenvalue weighted by Gasteiger charge is 2.16. The number of hydrogen-bond acceptors (Lipinski definition) is 2. The van der Waals surface area contributed by atoms with Crippen LogP contribution in [0.2, 0.25) is 5.02 Å². The first-order valence-corrected chi connectivity index (χ1v) is 7.64. The van der Waals surface area contributed by atoms with E-state index in [0.717, 1.165) is 12.1 Å². The van der Waals surface area contributed by atoms with Crippen LogP contribution >= 0.6 is 22.9 Å². The smallest absolute Gasteiger partial charge is 0.123 e. The fourth-order valence-electron chi connectivity index (χ4n) is 2.19. The summed E-state index contributed by atoms with van der Waals surface area (Å²) in [5.41, 5.74) is 3.38. The van der Waals surface area contributed by atoms with E-state index in [1.807, 2.05) is 0 Å². The number of rotatable bonds is 5. The maximum Gasteiger partial charge on any atom is 0.123 e. The second-order valence-electron chi connectivity index (χ2n) is 4.56. The van der Waals surface area contributed by atoms with E-state index >= 15 is 0 Å². The maximum atomic E-state index is 13.3. The van der Waals surface area contributed by atoms with Crippen LogP contribution in [0.15, 0.2) is 29.0 Å². The summed E-state index contributed by atoms with van der Waals surface area (Å²) in [6.45, 7) is 5.04. The maximum absolute atomic E-state index is 13.3. The number of likely N-dealkylation sites (N-methyl/N-ethyl adjacent to an activating group) is 1. The van der Waals surface area contributed by atoms with Crippen molar-refractivity contribution >= 4 is 22.9 Å². The van der Waals surface area contributed by atoms with Gasteiger partial charge < -0.3 is 5.32 Å². The molecule has 0 bridgehead atoms. The minimum absolute atomic E-state index is 0.176. The summed E-state index contributed by atoms with van der Waals surface area (Å²) in [6.07, 6.45) is 0.696. The molecule has 1 aromatic heterocycles. The van der Waals surface area contributed by atoms with Crippen molar-refractivity contribution in [2.75, 3.05) is 6.54 Å². The molecule has 2 rings (SSSR count). The van der Waals surface area contributed by atoms with Gasteiger partial charge >= 0.3 is 0 Å². The van der Waals surface area contributed by atoms with Gasteiger partial charge in [0.05, 0.1) is 0 Å². The standard InChI is InChI=1S/C15H17ClFNS/c1-3-18-15(13-9-19-8-10(13)2)7-11-6-12(17)4-5-14(11)16/h4-6,8-9,15,18H,3,7H2,1-2H3. The van der Waals surface area contributed by atoms with E-state index in [2.05, 4.69) is 29.9 Å². The third-order valence-electron chi connectivity index (χ3n) is 3.15. The summed E-state index contributed by atoms with van der Waals surface area (Å²) in [5, 5.41) is 8.35. The Labute approximate surface area is 122 Å². The Morgan fingerprint density at radius 1 is 1.37 bits per heavy atom.